The van der Waals surface area contributed by atoms with Crippen LogP contribution >= 0.6 is 15.9 Å². The standard InChI is InChI=1S/C10H12BrNO/c11-8-3-1-2-7(6-8)10-9(13)4-5-12-10/h1-3,6,9-10,12-13H,4-5H2. The van der Waals surface area contributed by atoms with Gasteiger partial charge in [0.1, 0.15) is 0 Å². The molecule has 0 aromatic heterocycles. The lowest BCUT2D eigenvalue weighted by atomic mass is 10.0. The molecule has 0 aliphatic carbocycles. The van der Waals surface area contributed by atoms with Gasteiger partial charge in [-0.1, -0.05) is 28.1 Å². The molecular weight excluding hydrogens is 230 g/mol. The van der Waals surface area contributed by atoms with Crippen LogP contribution < -0.4 is 5.32 Å². The number of halogens is 1. The molecule has 2 nitrogen and oxygen atoms in total. The van der Waals surface area contributed by atoms with Crippen molar-refractivity contribution in [3.8, 4) is 0 Å². The molecule has 0 bridgehead atoms. The van der Waals surface area contributed by atoms with E-state index in [1.54, 1.807) is 0 Å². The molecule has 3 heteroatoms. The Morgan fingerprint density at radius 1 is 1.46 bits per heavy atom. The minimum absolute atomic E-state index is 0.109. The average molecular weight is 242 g/mol. The van der Waals surface area contributed by atoms with Crippen LogP contribution in [-0.2, 0) is 0 Å². The Labute approximate surface area is 86.1 Å². The van der Waals surface area contributed by atoms with Crippen LogP contribution in [0.25, 0.3) is 0 Å². The second-order valence-corrected chi connectivity index (χ2v) is 4.26. The summed E-state index contributed by atoms with van der Waals surface area (Å²) in [5.74, 6) is 0. The van der Waals surface area contributed by atoms with Crippen molar-refractivity contribution >= 4 is 15.9 Å². The maximum Gasteiger partial charge on any atom is 0.0747 e. The maximum atomic E-state index is 9.66. The molecule has 0 radical (unpaired) electrons. The number of benzene rings is 1. The molecule has 2 atom stereocenters. The molecule has 0 spiro atoms. The topological polar surface area (TPSA) is 32.3 Å². The maximum absolute atomic E-state index is 9.66. The third kappa shape index (κ3) is 1.93. The molecular formula is C10H12BrNO. The van der Waals surface area contributed by atoms with E-state index in [1.165, 1.54) is 0 Å². The zero-order valence-electron chi connectivity index (χ0n) is 7.20. The monoisotopic (exact) mass is 241 g/mol. The largest absolute Gasteiger partial charge is 0.391 e. The summed E-state index contributed by atoms with van der Waals surface area (Å²) in [5, 5.41) is 12.9. The molecule has 0 saturated carbocycles. The fourth-order valence-electron chi connectivity index (χ4n) is 1.73. The predicted octanol–water partition coefficient (Wildman–Crippen LogP) is 1.84. The van der Waals surface area contributed by atoms with Gasteiger partial charge in [0.15, 0.2) is 0 Å². The Hall–Kier alpha value is -0.380. The van der Waals surface area contributed by atoms with Crippen molar-refractivity contribution in [3.63, 3.8) is 0 Å². The highest BCUT2D eigenvalue weighted by Gasteiger charge is 2.25. The van der Waals surface area contributed by atoms with Crippen molar-refractivity contribution in [3.05, 3.63) is 34.3 Å². The second-order valence-electron chi connectivity index (χ2n) is 3.34. The summed E-state index contributed by atoms with van der Waals surface area (Å²) >= 11 is 3.42. The first-order valence-electron chi connectivity index (χ1n) is 4.44. The Kier molecular flexibility index (Phi) is 2.67. The summed E-state index contributed by atoms with van der Waals surface area (Å²) in [5.41, 5.74) is 1.15. The van der Waals surface area contributed by atoms with Gasteiger partial charge in [-0.3, -0.25) is 0 Å². The van der Waals surface area contributed by atoms with Gasteiger partial charge >= 0.3 is 0 Å². The van der Waals surface area contributed by atoms with Gasteiger partial charge in [-0.05, 0) is 30.7 Å². The predicted molar refractivity (Wildman–Crippen MR) is 55.5 cm³/mol. The van der Waals surface area contributed by atoms with E-state index in [4.69, 9.17) is 0 Å². The molecule has 2 unspecified atom stereocenters. The van der Waals surface area contributed by atoms with E-state index in [-0.39, 0.29) is 12.1 Å². The van der Waals surface area contributed by atoms with Gasteiger partial charge in [-0.25, -0.2) is 0 Å². The third-order valence-electron chi connectivity index (χ3n) is 2.40. The summed E-state index contributed by atoms with van der Waals surface area (Å²) in [7, 11) is 0. The van der Waals surface area contributed by atoms with Crippen LogP contribution in [0.1, 0.15) is 18.0 Å². The van der Waals surface area contributed by atoms with Crippen molar-refractivity contribution in [1.29, 1.82) is 0 Å². The third-order valence-corrected chi connectivity index (χ3v) is 2.89. The lowest BCUT2D eigenvalue weighted by Crippen LogP contribution is -2.20. The van der Waals surface area contributed by atoms with Crippen LogP contribution in [0.3, 0.4) is 0 Å². The quantitative estimate of drug-likeness (QED) is 0.787. The highest BCUT2D eigenvalue weighted by molar-refractivity contribution is 9.10. The zero-order chi connectivity index (χ0) is 9.26. The van der Waals surface area contributed by atoms with Crippen LogP contribution in [-0.4, -0.2) is 17.8 Å². The fraction of sp³-hybridized carbons (Fsp3) is 0.400. The molecule has 1 aliphatic heterocycles. The van der Waals surface area contributed by atoms with E-state index in [1.807, 2.05) is 24.3 Å². The SMILES string of the molecule is OC1CCNC1c1cccc(Br)c1. The van der Waals surface area contributed by atoms with Crippen LogP contribution in [0.2, 0.25) is 0 Å². The normalized spacial score (nSPS) is 27.8. The minimum atomic E-state index is -0.241. The lowest BCUT2D eigenvalue weighted by molar-refractivity contribution is 0.160. The molecule has 1 saturated heterocycles. The summed E-state index contributed by atoms with van der Waals surface area (Å²) in [6.45, 7) is 0.901. The van der Waals surface area contributed by atoms with Crippen molar-refractivity contribution in [2.75, 3.05) is 6.54 Å². The molecule has 0 amide bonds. The zero-order valence-corrected chi connectivity index (χ0v) is 8.79. The number of hydrogen-bond donors (Lipinski definition) is 2. The number of nitrogens with one attached hydrogen (secondary N) is 1. The van der Waals surface area contributed by atoms with Crippen molar-refractivity contribution in [2.24, 2.45) is 0 Å². The summed E-state index contributed by atoms with van der Waals surface area (Å²) in [6, 6.07) is 8.18. The average Bonchev–Trinajstić information content (AvgIpc) is 2.51. The van der Waals surface area contributed by atoms with Crippen LogP contribution in [0.15, 0.2) is 28.7 Å². The summed E-state index contributed by atoms with van der Waals surface area (Å²) in [6.07, 6.45) is 0.603. The Balaban J connectivity index is 2.24. The Morgan fingerprint density at radius 3 is 2.92 bits per heavy atom. The van der Waals surface area contributed by atoms with Gasteiger partial charge in [-0.2, -0.15) is 0 Å². The number of hydrogen-bond acceptors (Lipinski definition) is 2. The van der Waals surface area contributed by atoms with Gasteiger partial charge in [0.2, 0.25) is 0 Å². The number of aliphatic hydroxyl groups excluding tert-OH is 1. The van der Waals surface area contributed by atoms with Crippen LogP contribution in [0.5, 0.6) is 0 Å². The number of rotatable bonds is 1. The van der Waals surface area contributed by atoms with Crippen molar-refractivity contribution in [2.45, 2.75) is 18.6 Å². The Bertz CT molecular complexity index is 303. The summed E-state index contributed by atoms with van der Waals surface area (Å²) < 4.78 is 1.06. The highest BCUT2D eigenvalue weighted by Crippen LogP contribution is 2.25. The van der Waals surface area contributed by atoms with E-state index in [0.29, 0.717) is 0 Å². The van der Waals surface area contributed by atoms with E-state index >= 15 is 0 Å². The highest BCUT2D eigenvalue weighted by atomic mass is 79.9. The molecule has 13 heavy (non-hydrogen) atoms. The van der Waals surface area contributed by atoms with Gasteiger partial charge < -0.3 is 10.4 Å². The van der Waals surface area contributed by atoms with Crippen LogP contribution in [0, 0.1) is 0 Å². The first-order valence-corrected chi connectivity index (χ1v) is 5.23. The fourth-order valence-corrected chi connectivity index (χ4v) is 2.15. The Morgan fingerprint density at radius 2 is 2.31 bits per heavy atom. The molecule has 1 fully saturated rings. The lowest BCUT2D eigenvalue weighted by Gasteiger charge is -2.15. The molecule has 1 aromatic carbocycles. The van der Waals surface area contributed by atoms with Crippen LogP contribution in [0.4, 0.5) is 0 Å². The van der Waals surface area contributed by atoms with Crippen molar-refractivity contribution < 1.29 is 5.11 Å². The van der Waals surface area contributed by atoms with Gasteiger partial charge in [-0.15, -0.1) is 0 Å². The first-order chi connectivity index (χ1) is 6.27. The minimum Gasteiger partial charge on any atom is -0.391 e. The van der Waals surface area contributed by atoms with Gasteiger partial charge in [0.05, 0.1) is 12.1 Å². The number of aliphatic hydroxyl groups is 1. The second kappa shape index (κ2) is 3.78. The first kappa shape index (κ1) is 9.19. The van der Waals surface area contributed by atoms with Crippen molar-refractivity contribution in [1.82, 2.24) is 5.32 Å². The molecule has 2 rings (SSSR count). The smallest absolute Gasteiger partial charge is 0.0747 e. The molecule has 1 heterocycles. The molecule has 70 valence electrons. The van der Waals surface area contributed by atoms with E-state index in [9.17, 15) is 5.11 Å². The summed E-state index contributed by atoms with van der Waals surface area (Å²) in [4.78, 5) is 0. The van der Waals surface area contributed by atoms with Gasteiger partial charge in [0.25, 0.3) is 0 Å². The molecule has 2 N–H and O–H groups in total. The van der Waals surface area contributed by atoms with E-state index < -0.39 is 0 Å². The molecule has 1 aliphatic rings. The van der Waals surface area contributed by atoms with E-state index in [0.717, 1.165) is 23.0 Å². The molecule has 1 aromatic rings. The van der Waals surface area contributed by atoms with E-state index in [2.05, 4.69) is 21.2 Å². The van der Waals surface area contributed by atoms with Gasteiger partial charge in [0, 0.05) is 4.47 Å².